The van der Waals surface area contributed by atoms with Crippen LogP contribution in [0, 0.1) is 25.7 Å². The number of rotatable bonds is 2. The largest absolute Gasteiger partial charge is 0.341 e. The average molecular weight is 263 g/mol. The lowest BCUT2D eigenvalue weighted by Crippen LogP contribution is -2.24. The van der Waals surface area contributed by atoms with Crippen LogP contribution in [0.5, 0.6) is 0 Å². The third-order valence-electron chi connectivity index (χ3n) is 3.19. The molecular formula is C18H17NO. The van der Waals surface area contributed by atoms with E-state index in [1.165, 1.54) is 0 Å². The first-order chi connectivity index (χ1) is 9.68. The van der Waals surface area contributed by atoms with Crippen molar-refractivity contribution in [3.63, 3.8) is 0 Å². The molecule has 0 saturated heterocycles. The zero-order valence-electron chi connectivity index (χ0n) is 11.7. The summed E-state index contributed by atoms with van der Waals surface area (Å²) in [5.74, 6) is 5.89. The fourth-order valence-electron chi connectivity index (χ4n) is 1.88. The number of nitrogens with one attached hydrogen (secondary N) is 1. The molecule has 2 aromatic rings. The number of amides is 1. The molecule has 0 radical (unpaired) electrons. The van der Waals surface area contributed by atoms with E-state index in [9.17, 15) is 4.79 Å². The third-order valence-corrected chi connectivity index (χ3v) is 3.19. The van der Waals surface area contributed by atoms with Gasteiger partial charge in [0.1, 0.15) is 0 Å². The summed E-state index contributed by atoms with van der Waals surface area (Å²) in [6.45, 7) is 4.31. The second-order valence-corrected chi connectivity index (χ2v) is 4.60. The predicted octanol–water partition coefficient (Wildman–Crippen LogP) is 3.08. The smallest absolute Gasteiger partial charge is 0.252 e. The number of hydrogen-bond acceptors (Lipinski definition) is 1. The highest BCUT2D eigenvalue weighted by molar-refractivity contribution is 5.96. The minimum atomic E-state index is -0.0754. The monoisotopic (exact) mass is 263 g/mol. The molecular weight excluding hydrogens is 246 g/mol. The maximum Gasteiger partial charge on any atom is 0.252 e. The van der Waals surface area contributed by atoms with Crippen LogP contribution in [-0.4, -0.2) is 12.5 Å². The molecule has 2 aromatic carbocycles. The van der Waals surface area contributed by atoms with Crippen molar-refractivity contribution in [1.82, 2.24) is 5.32 Å². The van der Waals surface area contributed by atoms with Crippen molar-refractivity contribution in [3.05, 3.63) is 70.8 Å². The van der Waals surface area contributed by atoms with E-state index in [2.05, 4.69) is 17.2 Å². The summed E-state index contributed by atoms with van der Waals surface area (Å²) in [4.78, 5) is 12.1. The summed E-state index contributed by atoms with van der Waals surface area (Å²) in [6, 6.07) is 15.5. The maximum absolute atomic E-state index is 12.1. The van der Waals surface area contributed by atoms with Crippen molar-refractivity contribution < 1.29 is 4.79 Å². The minimum absolute atomic E-state index is 0.0754. The lowest BCUT2D eigenvalue weighted by atomic mass is 10.0. The molecule has 0 aliphatic carbocycles. The molecule has 2 nitrogen and oxygen atoms in total. The predicted molar refractivity (Wildman–Crippen MR) is 81.6 cm³/mol. The third kappa shape index (κ3) is 3.49. The lowest BCUT2D eigenvalue weighted by Gasteiger charge is -2.07. The molecule has 0 spiro atoms. The van der Waals surface area contributed by atoms with Crippen LogP contribution in [0.4, 0.5) is 0 Å². The van der Waals surface area contributed by atoms with Gasteiger partial charge in [-0.2, -0.15) is 0 Å². The Hall–Kier alpha value is -2.53. The molecule has 2 heteroatoms. The zero-order valence-corrected chi connectivity index (χ0v) is 11.7. The molecule has 0 aromatic heterocycles. The molecule has 100 valence electrons. The van der Waals surface area contributed by atoms with E-state index in [1.54, 1.807) is 0 Å². The van der Waals surface area contributed by atoms with Gasteiger partial charge in [-0.1, -0.05) is 42.2 Å². The standard InChI is InChI=1S/C18H17NO/c1-14-8-6-12-17(15(14)2)18(20)19-13-7-11-16-9-4-3-5-10-16/h3-6,8-10,12H,13H2,1-2H3,(H,19,20). The van der Waals surface area contributed by atoms with Gasteiger partial charge in [-0.05, 0) is 43.2 Å². The Labute approximate surface area is 119 Å². The van der Waals surface area contributed by atoms with Crippen molar-refractivity contribution in [2.45, 2.75) is 13.8 Å². The number of hydrogen-bond donors (Lipinski definition) is 1. The Kier molecular flexibility index (Phi) is 4.57. The topological polar surface area (TPSA) is 29.1 Å². The van der Waals surface area contributed by atoms with E-state index >= 15 is 0 Å². The molecule has 20 heavy (non-hydrogen) atoms. The first kappa shape index (κ1) is 13.9. The molecule has 0 atom stereocenters. The first-order valence-corrected chi connectivity index (χ1v) is 6.57. The number of benzene rings is 2. The van der Waals surface area contributed by atoms with Crippen molar-refractivity contribution >= 4 is 5.91 Å². The molecule has 0 aliphatic heterocycles. The Balaban J connectivity index is 1.97. The van der Waals surface area contributed by atoms with Gasteiger partial charge in [0.15, 0.2) is 0 Å². The van der Waals surface area contributed by atoms with E-state index < -0.39 is 0 Å². The Morgan fingerprint density at radius 2 is 1.80 bits per heavy atom. The summed E-state index contributed by atoms with van der Waals surface area (Å²) in [5.41, 5.74) is 3.80. The quantitative estimate of drug-likeness (QED) is 0.829. The fraction of sp³-hybridized carbons (Fsp3) is 0.167. The maximum atomic E-state index is 12.1. The van der Waals surface area contributed by atoms with Gasteiger partial charge < -0.3 is 5.32 Å². The van der Waals surface area contributed by atoms with Crippen LogP contribution < -0.4 is 5.32 Å². The Morgan fingerprint density at radius 1 is 1.05 bits per heavy atom. The summed E-state index contributed by atoms with van der Waals surface area (Å²) in [7, 11) is 0. The highest BCUT2D eigenvalue weighted by atomic mass is 16.1. The van der Waals surface area contributed by atoms with Crippen LogP contribution in [-0.2, 0) is 0 Å². The SMILES string of the molecule is Cc1cccc(C(=O)NCC#Cc2ccccc2)c1C. The molecule has 0 fully saturated rings. The number of aryl methyl sites for hydroxylation is 1. The van der Waals surface area contributed by atoms with Gasteiger partial charge in [-0.3, -0.25) is 4.79 Å². The second kappa shape index (κ2) is 6.58. The van der Waals surface area contributed by atoms with Crippen molar-refractivity contribution in [1.29, 1.82) is 0 Å². The van der Waals surface area contributed by atoms with Crippen molar-refractivity contribution in [3.8, 4) is 11.8 Å². The Bertz CT molecular complexity index is 663. The van der Waals surface area contributed by atoms with Gasteiger partial charge >= 0.3 is 0 Å². The van der Waals surface area contributed by atoms with Gasteiger partial charge in [0.2, 0.25) is 0 Å². The number of carbonyl (C=O) groups is 1. The molecule has 0 bridgehead atoms. The molecule has 0 unspecified atom stereocenters. The van der Waals surface area contributed by atoms with Gasteiger partial charge in [-0.25, -0.2) is 0 Å². The molecule has 2 rings (SSSR count). The zero-order chi connectivity index (χ0) is 14.4. The molecule has 1 amide bonds. The van der Waals surface area contributed by atoms with Gasteiger partial charge in [0.05, 0.1) is 6.54 Å². The summed E-state index contributed by atoms with van der Waals surface area (Å²) >= 11 is 0. The highest BCUT2D eigenvalue weighted by Gasteiger charge is 2.08. The summed E-state index contributed by atoms with van der Waals surface area (Å²) in [6.07, 6.45) is 0. The van der Waals surface area contributed by atoms with Crippen LogP contribution in [0.3, 0.4) is 0 Å². The fourth-order valence-corrected chi connectivity index (χ4v) is 1.88. The van der Waals surface area contributed by atoms with Crippen molar-refractivity contribution in [2.24, 2.45) is 0 Å². The normalized spacial score (nSPS) is 9.50. The minimum Gasteiger partial charge on any atom is -0.341 e. The second-order valence-electron chi connectivity index (χ2n) is 4.60. The molecule has 0 aliphatic rings. The van der Waals surface area contributed by atoms with Crippen LogP contribution in [0.2, 0.25) is 0 Å². The van der Waals surface area contributed by atoms with E-state index in [0.717, 1.165) is 16.7 Å². The van der Waals surface area contributed by atoms with Crippen LogP contribution in [0.1, 0.15) is 27.0 Å². The van der Waals surface area contributed by atoms with E-state index in [1.807, 2.05) is 62.4 Å². The van der Waals surface area contributed by atoms with Crippen LogP contribution in [0.15, 0.2) is 48.5 Å². The molecule has 0 heterocycles. The molecule has 1 N–H and O–H groups in total. The summed E-state index contributed by atoms with van der Waals surface area (Å²) in [5, 5.41) is 2.82. The lowest BCUT2D eigenvalue weighted by molar-refractivity contribution is 0.0958. The average Bonchev–Trinajstić information content (AvgIpc) is 2.47. The van der Waals surface area contributed by atoms with Crippen molar-refractivity contribution in [2.75, 3.05) is 6.54 Å². The van der Waals surface area contributed by atoms with Gasteiger partial charge in [0.25, 0.3) is 5.91 Å². The van der Waals surface area contributed by atoms with Crippen LogP contribution >= 0.6 is 0 Å². The van der Waals surface area contributed by atoms with Gasteiger partial charge in [-0.15, -0.1) is 0 Å². The van der Waals surface area contributed by atoms with Gasteiger partial charge in [0, 0.05) is 11.1 Å². The van der Waals surface area contributed by atoms with E-state index in [0.29, 0.717) is 12.1 Å². The number of carbonyl (C=O) groups excluding carboxylic acids is 1. The summed E-state index contributed by atoms with van der Waals surface area (Å²) < 4.78 is 0. The molecule has 0 saturated carbocycles. The first-order valence-electron chi connectivity index (χ1n) is 6.57. The van der Waals surface area contributed by atoms with Crippen LogP contribution in [0.25, 0.3) is 0 Å². The van der Waals surface area contributed by atoms with E-state index in [4.69, 9.17) is 0 Å². The Morgan fingerprint density at radius 3 is 2.55 bits per heavy atom. The van der Waals surface area contributed by atoms with E-state index in [-0.39, 0.29) is 5.91 Å². The highest BCUT2D eigenvalue weighted by Crippen LogP contribution is 2.12.